The minimum Gasteiger partial charge on any atom is -0.345 e. The first-order chi connectivity index (χ1) is 14.4. The Balaban J connectivity index is 2.04. The molecule has 0 atom stereocenters. The van der Waals surface area contributed by atoms with Gasteiger partial charge in [0.1, 0.15) is 46.0 Å². The Bertz CT molecular complexity index is 1230. The molecule has 0 radical (unpaired) electrons. The molecular weight excluding hydrogens is 440 g/mol. The van der Waals surface area contributed by atoms with E-state index < -0.39 is 66.4 Å². The van der Waals surface area contributed by atoms with E-state index in [1.165, 1.54) is 0 Å². The normalized spacial score (nSPS) is 13.3. The third-order valence-electron chi connectivity index (χ3n) is 4.21. The lowest BCUT2D eigenvalue weighted by Crippen LogP contribution is -2.02. The summed E-state index contributed by atoms with van der Waals surface area (Å²) >= 11 is 1.02. The molecule has 12 heteroatoms. The minimum atomic E-state index is -1.31. The smallest absolute Gasteiger partial charge is 0.160 e. The molecule has 144 valence electrons. The molecule has 30 heavy (non-hydrogen) atoms. The summed E-state index contributed by atoms with van der Waals surface area (Å²) in [6.45, 7) is 0. The number of fused-ring (bicyclic) bond motifs is 3. The second kappa shape index (κ2) is 6.89. The topological polar surface area (TPSA) is 119 Å². The molecule has 0 spiro atoms. The number of anilines is 2. The fourth-order valence-corrected chi connectivity index (χ4v) is 4.87. The minimum absolute atomic E-state index is 0.165. The highest BCUT2D eigenvalue weighted by molar-refractivity contribution is 8.04. The summed E-state index contributed by atoms with van der Waals surface area (Å²) in [6.07, 6.45) is 0. The standard InChI is InChI=1S/C18H2F4N6S2/c19-9-7-8(11(21)15-13(9)27-17(29-15)5(1-23)2-24)10(20)14-16(12(7)22)30-18(28-14)6(3-25)4-26/h27-28H. The zero-order chi connectivity index (χ0) is 21.7. The fraction of sp³-hybridized carbons (Fsp3) is 0. The summed E-state index contributed by atoms with van der Waals surface area (Å²) in [7, 11) is 0. The summed E-state index contributed by atoms with van der Waals surface area (Å²) in [5.41, 5.74) is -1.95. The number of nitriles is 4. The SMILES string of the molecule is N#CC(C#N)=C1Nc2c(c(F)c3c(F)c4c(c(F)c3c2F)SC(=C(C#N)C#N)N4)S1. The van der Waals surface area contributed by atoms with E-state index in [-0.39, 0.29) is 10.1 Å². The van der Waals surface area contributed by atoms with Gasteiger partial charge < -0.3 is 10.6 Å². The van der Waals surface area contributed by atoms with Crippen molar-refractivity contribution in [2.75, 3.05) is 10.6 Å². The first kappa shape index (κ1) is 19.5. The van der Waals surface area contributed by atoms with E-state index in [2.05, 4.69) is 10.6 Å². The van der Waals surface area contributed by atoms with Gasteiger partial charge in [0.2, 0.25) is 0 Å². The number of rotatable bonds is 0. The summed E-state index contributed by atoms with van der Waals surface area (Å²) in [5, 5.41) is 38.3. The first-order valence-corrected chi connectivity index (χ1v) is 9.35. The second-order valence-electron chi connectivity index (χ2n) is 5.72. The molecule has 0 aromatic heterocycles. The maximum absolute atomic E-state index is 15.1. The van der Waals surface area contributed by atoms with E-state index in [4.69, 9.17) is 21.0 Å². The van der Waals surface area contributed by atoms with E-state index in [1.807, 2.05) is 0 Å². The molecule has 0 amide bonds. The molecule has 2 aromatic rings. The van der Waals surface area contributed by atoms with Gasteiger partial charge in [0.05, 0.1) is 31.9 Å². The Kier molecular flexibility index (Phi) is 4.47. The highest BCUT2D eigenvalue weighted by Crippen LogP contribution is 2.53. The fourth-order valence-electron chi connectivity index (χ4n) is 2.90. The summed E-state index contributed by atoms with van der Waals surface area (Å²) in [5.74, 6) is -5.18. The highest BCUT2D eigenvalue weighted by Gasteiger charge is 2.36. The predicted octanol–water partition coefficient (Wildman–Crippen LogP) is 4.95. The van der Waals surface area contributed by atoms with Crippen molar-refractivity contribution < 1.29 is 17.6 Å². The molecule has 0 bridgehead atoms. The number of nitrogens with one attached hydrogen (secondary N) is 2. The Morgan fingerprint density at radius 1 is 0.600 bits per heavy atom. The van der Waals surface area contributed by atoms with Crippen LogP contribution < -0.4 is 10.6 Å². The van der Waals surface area contributed by atoms with E-state index in [0.29, 0.717) is 23.5 Å². The molecule has 0 unspecified atom stereocenters. The highest BCUT2D eigenvalue weighted by atomic mass is 32.2. The lowest BCUT2D eigenvalue weighted by Gasteiger charge is -2.12. The maximum Gasteiger partial charge on any atom is 0.160 e. The van der Waals surface area contributed by atoms with Crippen LogP contribution in [0.3, 0.4) is 0 Å². The van der Waals surface area contributed by atoms with Crippen LogP contribution in [0.15, 0.2) is 31.0 Å². The third kappa shape index (κ3) is 2.49. The molecule has 0 saturated carbocycles. The van der Waals surface area contributed by atoms with Crippen molar-refractivity contribution in [3.8, 4) is 24.3 Å². The number of hydrogen-bond donors (Lipinski definition) is 2. The number of benzene rings is 2. The second-order valence-corrected chi connectivity index (χ2v) is 7.77. The molecule has 6 nitrogen and oxygen atoms in total. The van der Waals surface area contributed by atoms with Crippen LogP contribution in [0.2, 0.25) is 0 Å². The Morgan fingerprint density at radius 2 is 0.933 bits per heavy atom. The Morgan fingerprint density at radius 3 is 1.23 bits per heavy atom. The number of nitrogens with zero attached hydrogens (tertiary/aromatic N) is 4. The van der Waals surface area contributed by atoms with Crippen LogP contribution in [-0.2, 0) is 0 Å². The predicted molar refractivity (Wildman–Crippen MR) is 99.2 cm³/mol. The van der Waals surface area contributed by atoms with Gasteiger partial charge in [0, 0.05) is 0 Å². The number of thioether (sulfide) groups is 2. The van der Waals surface area contributed by atoms with Crippen molar-refractivity contribution in [3.05, 3.63) is 44.5 Å². The van der Waals surface area contributed by atoms with Crippen LogP contribution in [-0.4, -0.2) is 0 Å². The molecule has 2 aromatic carbocycles. The van der Waals surface area contributed by atoms with E-state index in [9.17, 15) is 0 Å². The zero-order valence-corrected chi connectivity index (χ0v) is 15.8. The van der Waals surface area contributed by atoms with Gasteiger partial charge in [-0.3, -0.25) is 0 Å². The third-order valence-corrected chi connectivity index (χ3v) is 6.40. The largest absolute Gasteiger partial charge is 0.345 e. The zero-order valence-electron chi connectivity index (χ0n) is 14.1. The van der Waals surface area contributed by atoms with E-state index in [1.54, 1.807) is 24.3 Å². The number of hydrogen-bond acceptors (Lipinski definition) is 8. The number of halogens is 4. The van der Waals surface area contributed by atoms with Crippen LogP contribution in [0.5, 0.6) is 0 Å². The van der Waals surface area contributed by atoms with Crippen LogP contribution >= 0.6 is 23.5 Å². The molecule has 0 aliphatic carbocycles. The van der Waals surface area contributed by atoms with Crippen LogP contribution in [0.1, 0.15) is 0 Å². The average molecular weight is 442 g/mol. The van der Waals surface area contributed by atoms with Crippen molar-refractivity contribution in [2.24, 2.45) is 0 Å². The van der Waals surface area contributed by atoms with Gasteiger partial charge >= 0.3 is 0 Å². The molecule has 2 aliphatic rings. The van der Waals surface area contributed by atoms with Crippen molar-refractivity contribution in [2.45, 2.75) is 9.79 Å². The van der Waals surface area contributed by atoms with E-state index in [0.717, 1.165) is 0 Å². The van der Waals surface area contributed by atoms with Gasteiger partial charge in [-0.25, -0.2) is 17.6 Å². The van der Waals surface area contributed by atoms with Crippen LogP contribution in [0, 0.1) is 68.6 Å². The lowest BCUT2D eigenvalue weighted by atomic mass is 10.0. The molecule has 2 heterocycles. The monoisotopic (exact) mass is 442 g/mol. The van der Waals surface area contributed by atoms with Crippen LogP contribution in [0.25, 0.3) is 10.8 Å². The first-order valence-electron chi connectivity index (χ1n) is 7.72. The number of allylic oxidation sites excluding steroid dienone is 2. The molecule has 2 N–H and O–H groups in total. The van der Waals surface area contributed by atoms with Gasteiger partial charge in [-0.05, 0) is 0 Å². The van der Waals surface area contributed by atoms with E-state index >= 15 is 17.6 Å². The molecule has 0 saturated heterocycles. The van der Waals surface area contributed by atoms with Gasteiger partial charge in [-0.2, -0.15) is 21.0 Å². The van der Waals surface area contributed by atoms with Crippen molar-refractivity contribution in [1.29, 1.82) is 21.0 Å². The Labute approximate surface area is 173 Å². The van der Waals surface area contributed by atoms with Gasteiger partial charge in [0.25, 0.3) is 0 Å². The molecule has 0 fully saturated rings. The molecule has 4 rings (SSSR count). The van der Waals surface area contributed by atoms with Crippen molar-refractivity contribution >= 4 is 45.7 Å². The lowest BCUT2D eigenvalue weighted by molar-refractivity contribution is 0.561. The summed E-state index contributed by atoms with van der Waals surface area (Å²) in [6, 6.07) is 6.26. The summed E-state index contributed by atoms with van der Waals surface area (Å²) < 4.78 is 60.5. The van der Waals surface area contributed by atoms with Crippen molar-refractivity contribution in [3.63, 3.8) is 0 Å². The van der Waals surface area contributed by atoms with Gasteiger partial charge in [-0.1, -0.05) is 23.5 Å². The van der Waals surface area contributed by atoms with Crippen LogP contribution in [0.4, 0.5) is 28.9 Å². The maximum atomic E-state index is 15.1. The molecular formula is C18H2F4N6S2. The van der Waals surface area contributed by atoms with Gasteiger partial charge in [0.15, 0.2) is 22.8 Å². The average Bonchev–Trinajstić information content (AvgIpc) is 3.37. The van der Waals surface area contributed by atoms with Gasteiger partial charge in [-0.15, -0.1) is 0 Å². The Hall–Kier alpha value is -3.84. The molecule has 2 aliphatic heterocycles. The van der Waals surface area contributed by atoms with Crippen molar-refractivity contribution in [1.82, 2.24) is 0 Å². The summed E-state index contributed by atoms with van der Waals surface area (Å²) in [4.78, 5) is -0.875. The quantitative estimate of drug-likeness (QED) is 0.435.